The number of amides is 2. The van der Waals surface area contributed by atoms with Crippen LogP contribution in [0.25, 0.3) is 6.08 Å². The number of aromatic carboxylic acids is 1. The number of nitrogens with zero attached hydrogens (tertiary/aromatic N) is 1. The summed E-state index contributed by atoms with van der Waals surface area (Å²) in [5, 5.41) is 17.2. The molecule has 0 spiro atoms. The van der Waals surface area contributed by atoms with E-state index in [1.807, 2.05) is 22.6 Å². The van der Waals surface area contributed by atoms with E-state index in [0.717, 1.165) is 5.56 Å². The second-order valence-corrected chi connectivity index (χ2v) is 8.64. The number of halogens is 1. The lowest BCUT2D eigenvalue weighted by molar-refractivity contribution is -0.140. The summed E-state index contributed by atoms with van der Waals surface area (Å²) in [5.74, 6) is -2.09. The quantitative estimate of drug-likeness (QED) is 0.361. The molecule has 0 aliphatic carbocycles. The van der Waals surface area contributed by atoms with Crippen LogP contribution in [0.3, 0.4) is 0 Å². The normalized spacial score (nSPS) is 14.7. The number of methoxy groups -OCH3 is 1. The average Bonchev–Trinajstić information content (AvgIpc) is 2.99. The lowest BCUT2D eigenvalue weighted by Crippen LogP contribution is -2.33. The fraction of sp³-hybridized carbons (Fsp3) is 0.143. The second kappa shape index (κ2) is 10.0. The highest BCUT2D eigenvalue weighted by Gasteiger charge is 2.36. The van der Waals surface area contributed by atoms with Gasteiger partial charge in [0.1, 0.15) is 13.2 Å². The molecular formula is C21H16INO8S. The Hall–Kier alpha value is -3.06. The van der Waals surface area contributed by atoms with Crippen LogP contribution in [0, 0.1) is 3.57 Å². The first kappa shape index (κ1) is 23.6. The fourth-order valence-corrected chi connectivity index (χ4v) is 4.40. The number of rotatable bonds is 8. The van der Waals surface area contributed by atoms with Crippen LogP contribution in [0.5, 0.6) is 11.5 Å². The molecule has 0 saturated carbocycles. The summed E-state index contributed by atoms with van der Waals surface area (Å²) >= 11 is 2.72. The lowest BCUT2D eigenvalue weighted by atomic mass is 10.1. The number of hydrogen-bond donors (Lipinski definition) is 2. The van der Waals surface area contributed by atoms with Gasteiger partial charge in [-0.3, -0.25) is 19.3 Å². The summed E-state index contributed by atoms with van der Waals surface area (Å²) in [5.41, 5.74) is 1.52. The van der Waals surface area contributed by atoms with Gasteiger partial charge in [0.05, 0.1) is 21.1 Å². The van der Waals surface area contributed by atoms with Crippen molar-refractivity contribution >= 4 is 63.5 Å². The van der Waals surface area contributed by atoms with E-state index in [-0.39, 0.29) is 17.1 Å². The molecule has 0 unspecified atom stereocenters. The van der Waals surface area contributed by atoms with Crippen LogP contribution >= 0.6 is 34.4 Å². The molecule has 2 amide bonds. The summed E-state index contributed by atoms with van der Waals surface area (Å²) in [7, 11) is 1.46. The monoisotopic (exact) mass is 569 g/mol. The van der Waals surface area contributed by atoms with Gasteiger partial charge in [0, 0.05) is 0 Å². The zero-order valence-corrected chi connectivity index (χ0v) is 19.5. The molecule has 1 aliphatic rings. The number of carbonyl (C=O) groups excluding carboxylic acids is 2. The number of benzene rings is 2. The SMILES string of the molecule is COc1cc(/C=C2/SC(=O)N(CC(=O)O)C2=O)cc(I)c1OCc1ccc(C(=O)O)cc1. The van der Waals surface area contributed by atoms with Gasteiger partial charge >= 0.3 is 11.9 Å². The molecule has 3 rings (SSSR count). The van der Waals surface area contributed by atoms with Crippen molar-refractivity contribution in [2.45, 2.75) is 6.61 Å². The standard InChI is InChI=1S/C21H16INO8S/c1-30-15-7-12(8-16-19(26)23(9-17(24)25)21(29)32-16)6-14(22)18(15)31-10-11-2-4-13(5-3-11)20(27)28/h2-8H,9-10H2,1H3,(H,24,25)(H,27,28)/b16-8+. The molecule has 1 saturated heterocycles. The maximum atomic E-state index is 12.3. The third kappa shape index (κ3) is 5.40. The Morgan fingerprint density at radius 2 is 1.84 bits per heavy atom. The van der Waals surface area contributed by atoms with Gasteiger partial charge < -0.3 is 19.7 Å². The largest absolute Gasteiger partial charge is 0.493 e. The van der Waals surface area contributed by atoms with Gasteiger partial charge in [-0.15, -0.1) is 0 Å². The zero-order chi connectivity index (χ0) is 23.4. The van der Waals surface area contributed by atoms with E-state index < -0.39 is 29.6 Å². The number of hydrogen-bond acceptors (Lipinski definition) is 7. The molecule has 1 heterocycles. The van der Waals surface area contributed by atoms with E-state index >= 15 is 0 Å². The number of carbonyl (C=O) groups is 4. The third-order valence-electron chi connectivity index (χ3n) is 4.30. The van der Waals surface area contributed by atoms with Gasteiger partial charge in [0.2, 0.25) is 0 Å². The van der Waals surface area contributed by atoms with Gasteiger partial charge in [0.15, 0.2) is 11.5 Å². The van der Waals surface area contributed by atoms with Crippen molar-refractivity contribution in [3.05, 3.63) is 61.6 Å². The fourth-order valence-electron chi connectivity index (χ4n) is 2.79. The van der Waals surface area contributed by atoms with Crippen molar-refractivity contribution in [1.29, 1.82) is 0 Å². The lowest BCUT2D eigenvalue weighted by Gasteiger charge is -2.14. The number of thioether (sulfide) groups is 1. The molecule has 0 bridgehead atoms. The number of ether oxygens (including phenoxy) is 2. The molecule has 11 heteroatoms. The predicted molar refractivity (Wildman–Crippen MR) is 124 cm³/mol. The van der Waals surface area contributed by atoms with E-state index in [4.69, 9.17) is 19.7 Å². The Morgan fingerprint density at radius 3 is 2.44 bits per heavy atom. The summed E-state index contributed by atoms with van der Waals surface area (Å²) < 4.78 is 12.0. The highest BCUT2D eigenvalue weighted by Crippen LogP contribution is 2.37. The first-order valence-electron chi connectivity index (χ1n) is 8.99. The second-order valence-electron chi connectivity index (χ2n) is 6.49. The van der Waals surface area contributed by atoms with E-state index in [9.17, 15) is 19.2 Å². The van der Waals surface area contributed by atoms with Crippen molar-refractivity contribution in [2.24, 2.45) is 0 Å². The number of aliphatic carboxylic acids is 1. The van der Waals surface area contributed by atoms with Gasteiger partial charge in [-0.2, -0.15) is 0 Å². The summed E-state index contributed by atoms with van der Waals surface area (Å²) in [6.07, 6.45) is 1.49. The Kier molecular flexibility index (Phi) is 7.40. The number of imide groups is 1. The van der Waals surface area contributed by atoms with E-state index in [0.29, 0.717) is 37.3 Å². The summed E-state index contributed by atoms with van der Waals surface area (Å²) in [6.45, 7) is -0.511. The molecule has 2 aromatic carbocycles. The maximum Gasteiger partial charge on any atom is 0.335 e. The Balaban J connectivity index is 1.80. The van der Waals surface area contributed by atoms with E-state index in [1.165, 1.54) is 25.3 Å². The van der Waals surface area contributed by atoms with Crippen LogP contribution in [0.1, 0.15) is 21.5 Å². The molecule has 0 aromatic heterocycles. The van der Waals surface area contributed by atoms with Crippen LogP contribution in [0.15, 0.2) is 41.3 Å². The van der Waals surface area contributed by atoms with Crippen molar-refractivity contribution in [1.82, 2.24) is 4.90 Å². The van der Waals surface area contributed by atoms with Gasteiger partial charge in [-0.05, 0) is 75.8 Å². The first-order chi connectivity index (χ1) is 15.2. The van der Waals surface area contributed by atoms with Crippen LogP contribution in [-0.4, -0.2) is 51.9 Å². The minimum atomic E-state index is -1.27. The average molecular weight is 569 g/mol. The van der Waals surface area contributed by atoms with Crippen LogP contribution in [0.2, 0.25) is 0 Å². The molecule has 0 radical (unpaired) electrons. The molecule has 2 aromatic rings. The molecule has 1 fully saturated rings. The minimum absolute atomic E-state index is 0.112. The topological polar surface area (TPSA) is 130 Å². The molecule has 9 nitrogen and oxygen atoms in total. The van der Waals surface area contributed by atoms with Gasteiger partial charge in [-0.25, -0.2) is 4.79 Å². The van der Waals surface area contributed by atoms with Crippen molar-refractivity contribution < 1.29 is 38.9 Å². The Morgan fingerprint density at radius 1 is 1.16 bits per heavy atom. The molecule has 1 aliphatic heterocycles. The van der Waals surface area contributed by atoms with E-state index in [2.05, 4.69) is 0 Å². The maximum absolute atomic E-state index is 12.3. The Labute approximate surface area is 200 Å². The molecular weight excluding hydrogens is 553 g/mol. The first-order valence-corrected chi connectivity index (χ1v) is 10.9. The highest BCUT2D eigenvalue weighted by molar-refractivity contribution is 14.1. The van der Waals surface area contributed by atoms with Crippen molar-refractivity contribution in [2.75, 3.05) is 13.7 Å². The third-order valence-corrected chi connectivity index (χ3v) is 6.01. The summed E-state index contributed by atoms with van der Waals surface area (Å²) in [6, 6.07) is 9.66. The minimum Gasteiger partial charge on any atom is -0.493 e. The van der Waals surface area contributed by atoms with Gasteiger partial charge in [0.25, 0.3) is 11.1 Å². The number of carboxylic acids is 2. The predicted octanol–water partition coefficient (Wildman–Crippen LogP) is 3.70. The highest BCUT2D eigenvalue weighted by atomic mass is 127. The van der Waals surface area contributed by atoms with Crippen molar-refractivity contribution in [3.63, 3.8) is 0 Å². The number of carboxylic acid groups (broad SMARTS) is 2. The smallest absolute Gasteiger partial charge is 0.335 e. The van der Waals surface area contributed by atoms with Crippen LogP contribution < -0.4 is 9.47 Å². The zero-order valence-electron chi connectivity index (χ0n) is 16.5. The van der Waals surface area contributed by atoms with Gasteiger partial charge in [-0.1, -0.05) is 12.1 Å². The summed E-state index contributed by atoms with van der Waals surface area (Å²) in [4.78, 5) is 46.9. The van der Waals surface area contributed by atoms with Crippen LogP contribution in [0.4, 0.5) is 4.79 Å². The molecule has 166 valence electrons. The Bertz CT molecular complexity index is 1130. The van der Waals surface area contributed by atoms with E-state index in [1.54, 1.807) is 24.3 Å². The molecule has 0 atom stereocenters. The van der Waals surface area contributed by atoms with Crippen molar-refractivity contribution in [3.8, 4) is 11.5 Å². The molecule has 32 heavy (non-hydrogen) atoms. The van der Waals surface area contributed by atoms with Crippen LogP contribution in [-0.2, 0) is 16.2 Å². The molecule has 2 N–H and O–H groups in total.